The third-order valence-electron chi connectivity index (χ3n) is 7.31. The average Bonchev–Trinajstić information content (AvgIpc) is 3.28. The van der Waals surface area contributed by atoms with Gasteiger partial charge in [-0.3, -0.25) is 4.90 Å². The molecule has 0 saturated heterocycles. The van der Waals surface area contributed by atoms with Gasteiger partial charge in [-0.2, -0.15) is 15.0 Å². The van der Waals surface area contributed by atoms with Crippen molar-refractivity contribution in [2.45, 2.75) is 149 Å². The molecule has 2 aromatic rings. The first-order valence-corrected chi connectivity index (χ1v) is 15.4. The zero-order valence-corrected chi connectivity index (χ0v) is 23.4. The molecule has 0 unspecified atom stereocenters. The van der Waals surface area contributed by atoms with Crippen molar-refractivity contribution in [3.05, 3.63) is 24.3 Å². The maximum Gasteiger partial charge on any atom is 0.113 e. The van der Waals surface area contributed by atoms with Crippen molar-refractivity contribution in [2.24, 2.45) is 0 Å². The van der Waals surface area contributed by atoms with Crippen LogP contribution in [-0.2, 0) is 6.67 Å². The summed E-state index contributed by atoms with van der Waals surface area (Å²) in [6, 6.07) is 8.22. The molecule has 0 saturated carbocycles. The smallest absolute Gasteiger partial charge is 0.113 e. The lowest BCUT2D eigenvalue weighted by Gasteiger charge is -2.21. The number of benzene rings is 1. The molecule has 2 rings (SSSR count). The summed E-state index contributed by atoms with van der Waals surface area (Å²) < 4.78 is 0. The van der Waals surface area contributed by atoms with Gasteiger partial charge in [0.15, 0.2) is 0 Å². The van der Waals surface area contributed by atoms with Crippen molar-refractivity contribution in [1.29, 1.82) is 0 Å². The Balaban J connectivity index is 1.63. The molecule has 0 N–H and O–H groups in total. The van der Waals surface area contributed by atoms with Crippen LogP contribution in [0.25, 0.3) is 11.0 Å². The third-order valence-corrected chi connectivity index (χ3v) is 7.31. The zero-order chi connectivity index (χ0) is 24.8. The number of aromatic nitrogens is 3. The molecule has 0 radical (unpaired) electrons. The lowest BCUT2D eigenvalue weighted by Crippen LogP contribution is -2.29. The van der Waals surface area contributed by atoms with Crippen LogP contribution in [0.5, 0.6) is 0 Å². The Morgan fingerprint density at radius 1 is 0.514 bits per heavy atom. The van der Waals surface area contributed by atoms with Gasteiger partial charge in [-0.25, -0.2) is 0 Å². The molecule has 0 amide bonds. The first-order valence-electron chi connectivity index (χ1n) is 15.4. The van der Waals surface area contributed by atoms with Crippen LogP contribution in [0.15, 0.2) is 24.3 Å². The predicted molar refractivity (Wildman–Crippen MR) is 153 cm³/mol. The molecule has 0 aliphatic carbocycles. The second kappa shape index (κ2) is 20.7. The van der Waals surface area contributed by atoms with Crippen molar-refractivity contribution < 1.29 is 0 Å². The molecule has 0 fully saturated rings. The molecule has 4 nitrogen and oxygen atoms in total. The van der Waals surface area contributed by atoms with Crippen LogP contribution < -0.4 is 0 Å². The lowest BCUT2D eigenvalue weighted by atomic mass is 10.1. The Morgan fingerprint density at radius 3 is 1.23 bits per heavy atom. The zero-order valence-electron chi connectivity index (χ0n) is 23.4. The van der Waals surface area contributed by atoms with Gasteiger partial charge in [0, 0.05) is 0 Å². The Labute approximate surface area is 217 Å². The lowest BCUT2D eigenvalue weighted by molar-refractivity contribution is 0.187. The second-order valence-corrected chi connectivity index (χ2v) is 10.7. The van der Waals surface area contributed by atoms with E-state index in [0.29, 0.717) is 0 Å². The molecule has 200 valence electrons. The molecule has 1 aromatic heterocycles. The quantitative estimate of drug-likeness (QED) is 0.139. The van der Waals surface area contributed by atoms with E-state index in [1.165, 1.54) is 142 Å². The minimum atomic E-state index is 0.823. The highest BCUT2D eigenvalue weighted by molar-refractivity contribution is 5.72. The van der Waals surface area contributed by atoms with Crippen LogP contribution in [-0.4, -0.2) is 33.0 Å². The molecule has 1 aromatic carbocycles. The van der Waals surface area contributed by atoms with Crippen LogP contribution in [0.4, 0.5) is 0 Å². The van der Waals surface area contributed by atoms with Crippen molar-refractivity contribution in [3.63, 3.8) is 0 Å². The summed E-state index contributed by atoms with van der Waals surface area (Å²) in [6.07, 6.45) is 27.9. The predicted octanol–water partition coefficient (Wildman–Crippen LogP) is 9.53. The summed E-state index contributed by atoms with van der Waals surface area (Å²) >= 11 is 0. The van der Waals surface area contributed by atoms with Gasteiger partial charge in [0.25, 0.3) is 0 Å². The van der Waals surface area contributed by atoms with Crippen LogP contribution in [0, 0.1) is 0 Å². The van der Waals surface area contributed by atoms with E-state index in [1.54, 1.807) is 0 Å². The molecule has 4 heteroatoms. The van der Waals surface area contributed by atoms with Gasteiger partial charge in [0.2, 0.25) is 0 Å². The van der Waals surface area contributed by atoms with Gasteiger partial charge >= 0.3 is 0 Å². The molecule has 0 aliphatic rings. The summed E-state index contributed by atoms with van der Waals surface area (Å²) in [5, 5.41) is 9.43. The Hall–Kier alpha value is -1.42. The van der Waals surface area contributed by atoms with Crippen molar-refractivity contribution in [1.82, 2.24) is 19.9 Å². The molecule has 0 bridgehead atoms. The molecule has 35 heavy (non-hydrogen) atoms. The summed E-state index contributed by atoms with van der Waals surface area (Å²) in [5.74, 6) is 0. The second-order valence-electron chi connectivity index (χ2n) is 10.7. The van der Waals surface area contributed by atoms with E-state index in [-0.39, 0.29) is 0 Å². The Bertz CT molecular complexity index is 669. The fourth-order valence-electron chi connectivity index (χ4n) is 5.05. The number of nitrogens with zero attached hydrogens (tertiary/aromatic N) is 4. The summed E-state index contributed by atoms with van der Waals surface area (Å²) in [6.45, 7) is 7.76. The van der Waals surface area contributed by atoms with Gasteiger partial charge < -0.3 is 0 Å². The highest BCUT2D eigenvalue weighted by Crippen LogP contribution is 2.14. The van der Waals surface area contributed by atoms with E-state index in [1.807, 2.05) is 16.9 Å². The number of hydrogen-bond donors (Lipinski definition) is 0. The van der Waals surface area contributed by atoms with E-state index in [0.717, 1.165) is 17.7 Å². The van der Waals surface area contributed by atoms with Crippen LogP contribution in [0.1, 0.15) is 142 Å². The van der Waals surface area contributed by atoms with E-state index < -0.39 is 0 Å². The first-order chi connectivity index (χ1) is 17.3. The average molecular weight is 485 g/mol. The van der Waals surface area contributed by atoms with E-state index in [4.69, 9.17) is 10.2 Å². The maximum atomic E-state index is 4.72. The van der Waals surface area contributed by atoms with Crippen LogP contribution >= 0.6 is 0 Å². The highest BCUT2D eigenvalue weighted by atomic mass is 15.5. The van der Waals surface area contributed by atoms with Crippen molar-refractivity contribution >= 4 is 11.0 Å². The molecule has 1 heterocycles. The number of rotatable bonds is 24. The van der Waals surface area contributed by atoms with E-state index in [2.05, 4.69) is 30.9 Å². The number of unbranched alkanes of at least 4 members (excludes halogenated alkanes) is 18. The Morgan fingerprint density at radius 2 is 0.857 bits per heavy atom. The SMILES string of the molecule is CCCCCCCCCCCCN(CCCCCCCCCCCC)Cn1nc2ccccc2n1. The van der Waals surface area contributed by atoms with E-state index in [9.17, 15) is 0 Å². The monoisotopic (exact) mass is 484 g/mol. The normalized spacial score (nSPS) is 11.7. The molecule has 0 atom stereocenters. The largest absolute Gasteiger partial charge is 0.283 e. The van der Waals surface area contributed by atoms with Crippen LogP contribution in [0.2, 0.25) is 0 Å². The summed E-state index contributed by atoms with van der Waals surface area (Å²) in [4.78, 5) is 4.51. The number of fused-ring (bicyclic) bond motifs is 1. The van der Waals surface area contributed by atoms with Crippen molar-refractivity contribution in [3.8, 4) is 0 Å². The highest BCUT2D eigenvalue weighted by Gasteiger charge is 2.09. The molecular formula is C31H56N4. The number of hydrogen-bond acceptors (Lipinski definition) is 3. The summed E-state index contributed by atoms with van der Waals surface area (Å²) in [5.41, 5.74) is 2.01. The summed E-state index contributed by atoms with van der Waals surface area (Å²) in [7, 11) is 0. The maximum absolute atomic E-state index is 4.72. The van der Waals surface area contributed by atoms with Gasteiger partial charge in [0.05, 0.1) is 0 Å². The van der Waals surface area contributed by atoms with Crippen LogP contribution in [0.3, 0.4) is 0 Å². The van der Waals surface area contributed by atoms with Gasteiger partial charge in [0.1, 0.15) is 17.7 Å². The van der Waals surface area contributed by atoms with E-state index >= 15 is 0 Å². The minimum Gasteiger partial charge on any atom is -0.283 e. The molecule has 0 aliphatic heterocycles. The standard InChI is InChI=1S/C31H56N4/c1-3-5-7-9-11-13-15-17-19-23-27-34(28-24-20-18-16-14-12-10-8-6-4-2)29-35-32-30-25-21-22-26-31(30)33-35/h21-22,25-26H,3-20,23-24,27-29H2,1-2H3. The third kappa shape index (κ3) is 14.7. The molecule has 0 spiro atoms. The topological polar surface area (TPSA) is 34.0 Å². The van der Waals surface area contributed by atoms with Gasteiger partial charge in [-0.05, 0) is 38.1 Å². The van der Waals surface area contributed by atoms with Gasteiger partial charge in [-0.1, -0.05) is 142 Å². The fraction of sp³-hybridized carbons (Fsp3) is 0.806. The minimum absolute atomic E-state index is 0.823. The Kier molecular flexibility index (Phi) is 17.7. The van der Waals surface area contributed by atoms with Gasteiger partial charge in [-0.15, -0.1) is 0 Å². The first kappa shape index (κ1) is 29.8. The van der Waals surface area contributed by atoms with Crippen molar-refractivity contribution in [2.75, 3.05) is 13.1 Å². The fourth-order valence-corrected chi connectivity index (χ4v) is 5.05. The molecular weight excluding hydrogens is 428 g/mol.